The van der Waals surface area contributed by atoms with Crippen LogP contribution in [0.1, 0.15) is 43.4 Å². The van der Waals surface area contributed by atoms with Gasteiger partial charge in [-0.05, 0) is 43.0 Å². The van der Waals surface area contributed by atoms with Crippen molar-refractivity contribution in [2.24, 2.45) is 11.1 Å². The van der Waals surface area contributed by atoms with Crippen molar-refractivity contribution in [3.05, 3.63) is 81.8 Å². The smallest absolute Gasteiger partial charge is 0.384 e. The molecule has 3 N–H and O–H groups in total. The molecule has 0 unspecified atom stereocenters. The first kappa shape index (κ1) is 23.7. The number of ketones is 1. The molecule has 184 valence electrons. The fraction of sp³-hybridized carbons (Fsp3) is 0.296. The van der Waals surface area contributed by atoms with Crippen molar-refractivity contribution in [2.45, 2.75) is 45.2 Å². The summed E-state index contributed by atoms with van der Waals surface area (Å²) in [6.07, 6.45) is -4.23. The maximum Gasteiger partial charge on any atom is 0.416 e. The molecule has 0 aromatic heterocycles. The molecule has 36 heavy (non-hydrogen) atoms. The zero-order valence-electron chi connectivity index (χ0n) is 19.9. The van der Waals surface area contributed by atoms with E-state index < -0.39 is 28.5 Å². The summed E-state index contributed by atoms with van der Waals surface area (Å²) in [5.41, 5.74) is 5.34. The van der Waals surface area contributed by atoms with Gasteiger partial charge in [0.15, 0.2) is 5.78 Å². The van der Waals surface area contributed by atoms with Crippen LogP contribution in [-0.4, -0.2) is 11.7 Å². The van der Waals surface area contributed by atoms with E-state index in [9.17, 15) is 28.0 Å². The van der Waals surface area contributed by atoms with E-state index in [1.165, 1.54) is 17.0 Å². The lowest BCUT2D eigenvalue weighted by Gasteiger charge is -2.46. The number of carbonyl (C=O) groups is 2. The Morgan fingerprint density at radius 1 is 1.11 bits per heavy atom. The van der Waals surface area contributed by atoms with Gasteiger partial charge >= 0.3 is 6.18 Å². The standard InChI is InChI=1S/C27H23F3N4O2/c1-14-7-8-19-17(9-14)26(24(36)33-19)18(13-31)23(32)34(16-6-4-5-15(10-16)27(28,29)30)20-11-25(2,3)12-21(35)22(20)26/h4-10H,11-12,32H2,1-3H3,(H,33,36)/t26-/m0/s1. The summed E-state index contributed by atoms with van der Waals surface area (Å²) in [6.45, 7) is 5.57. The number of hydrogen-bond donors (Lipinski definition) is 2. The van der Waals surface area contributed by atoms with Gasteiger partial charge in [0, 0.05) is 34.6 Å². The number of hydrogen-bond acceptors (Lipinski definition) is 5. The summed E-state index contributed by atoms with van der Waals surface area (Å²) < 4.78 is 40.7. The van der Waals surface area contributed by atoms with Gasteiger partial charge in [0.2, 0.25) is 5.91 Å². The Morgan fingerprint density at radius 3 is 2.50 bits per heavy atom. The van der Waals surface area contributed by atoms with Gasteiger partial charge < -0.3 is 11.1 Å². The average Bonchev–Trinajstić information content (AvgIpc) is 3.04. The molecule has 2 aromatic carbocycles. The van der Waals surface area contributed by atoms with Crippen molar-refractivity contribution in [1.82, 2.24) is 0 Å². The SMILES string of the molecule is Cc1ccc2c(c1)[C@]1(C(=O)N2)C(C#N)=C(N)N(c2cccc(C(F)(F)F)c2)C2=C1C(=O)CC(C)(C)C2. The quantitative estimate of drug-likeness (QED) is 0.580. The fourth-order valence-corrected chi connectivity index (χ4v) is 5.65. The highest BCUT2D eigenvalue weighted by Crippen LogP contribution is 2.57. The predicted molar refractivity (Wildman–Crippen MR) is 127 cm³/mol. The maximum atomic E-state index is 13.8. The normalized spacial score (nSPS) is 23.0. The number of benzene rings is 2. The molecule has 6 nitrogen and oxygen atoms in total. The Kier molecular flexibility index (Phi) is 4.91. The summed E-state index contributed by atoms with van der Waals surface area (Å²) in [7, 11) is 0. The van der Waals surface area contributed by atoms with E-state index in [2.05, 4.69) is 5.32 Å². The van der Waals surface area contributed by atoms with Crippen LogP contribution >= 0.6 is 0 Å². The molecule has 1 spiro atoms. The highest BCUT2D eigenvalue weighted by molar-refractivity contribution is 6.20. The summed E-state index contributed by atoms with van der Waals surface area (Å²) >= 11 is 0. The van der Waals surface area contributed by atoms with Crippen LogP contribution in [0, 0.1) is 23.7 Å². The van der Waals surface area contributed by atoms with Crippen molar-refractivity contribution < 1.29 is 22.8 Å². The maximum absolute atomic E-state index is 13.8. The first-order valence-electron chi connectivity index (χ1n) is 11.4. The van der Waals surface area contributed by atoms with Crippen LogP contribution in [0.15, 0.2) is 65.1 Å². The number of nitrogens with zero attached hydrogens (tertiary/aromatic N) is 2. The number of fused-ring (bicyclic) bond motifs is 3. The molecule has 3 aliphatic rings. The first-order valence-corrected chi connectivity index (χ1v) is 11.4. The van der Waals surface area contributed by atoms with Crippen LogP contribution in [0.2, 0.25) is 0 Å². The molecule has 1 aliphatic carbocycles. The van der Waals surface area contributed by atoms with Crippen molar-refractivity contribution >= 4 is 23.1 Å². The number of carbonyl (C=O) groups excluding carboxylic acids is 2. The number of nitrogens with one attached hydrogen (secondary N) is 1. The molecule has 2 aliphatic heterocycles. The number of nitrogens with two attached hydrogens (primary N) is 1. The molecule has 2 heterocycles. The molecule has 2 aromatic rings. The second kappa shape index (κ2) is 7.47. The summed E-state index contributed by atoms with van der Waals surface area (Å²) in [6, 6.07) is 11.9. The largest absolute Gasteiger partial charge is 0.416 e. The zero-order valence-corrected chi connectivity index (χ0v) is 19.9. The van der Waals surface area contributed by atoms with Gasteiger partial charge in [-0.15, -0.1) is 0 Å². The first-order chi connectivity index (χ1) is 16.8. The molecule has 5 rings (SSSR count). The van der Waals surface area contributed by atoms with E-state index in [4.69, 9.17) is 5.73 Å². The minimum absolute atomic E-state index is 0.0609. The molecule has 0 fully saturated rings. The zero-order chi connectivity index (χ0) is 26.2. The second-order valence-corrected chi connectivity index (χ2v) is 10.3. The van der Waals surface area contributed by atoms with Crippen molar-refractivity contribution in [2.75, 3.05) is 10.2 Å². The average molecular weight is 493 g/mol. The Bertz CT molecular complexity index is 1460. The van der Waals surface area contributed by atoms with Crippen LogP contribution < -0.4 is 16.0 Å². The van der Waals surface area contributed by atoms with Gasteiger partial charge in [-0.2, -0.15) is 18.4 Å². The lowest BCUT2D eigenvalue weighted by molar-refractivity contribution is -0.137. The number of alkyl halides is 3. The minimum Gasteiger partial charge on any atom is -0.384 e. The van der Waals surface area contributed by atoms with Crippen molar-refractivity contribution in [1.29, 1.82) is 5.26 Å². The third-order valence-corrected chi connectivity index (χ3v) is 7.08. The Hall–Kier alpha value is -4.06. The van der Waals surface area contributed by atoms with Gasteiger partial charge in [0.05, 0.1) is 11.1 Å². The number of aryl methyl sites for hydroxylation is 1. The fourth-order valence-electron chi connectivity index (χ4n) is 5.65. The number of nitriles is 1. The predicted octanol–water partition coefficient (Wildman–Crippen LogP) is 5.06. The van der Waals surface area contributed by atoms with E-state index in [0.29, 0.717) is 16.9 Å². The number of amides is 1. The summed E-state index contributed by atoms with van der Waals surface area (Å²) in [5.74, 6) is -1.10. The molecular weight excluding hydrogens is 469 g/mol. The van der Waals surface area contributed by atoms with Crippen LogP contribution in [0.5, 0.6) is 0 Å². The topological polar surface area (TPSA) is 99.2 Å². The third kappa shape index (κ3) is 3.17. The van der Waals surface area contributed by atoms with E-state index in [1.807, 2.05) is 26.8 Å². The molecule has 0 saturated heterocycles. The summed E-state index contributed by atoms with van der Waals surface area (Å²) in [5, 5.41) is 13.1. The van der Waals surface area contributed by atoms with Gasteiger partial charge in [-0.1, -0.05) is 37.6 Å². The molecule has 0 bridgehead atoms. The van der Waals surface area contributed by atoms with E-state index >= 15 is 0 Å². The van der Waals surface area contributed by atoms with Crippen LogP contribution in [-0.2, 0) is 21.2 Å². The molecule has 1 amide bonds. The van der Waals surface area contributed by atoms with Crippen LogP contribution in [0.3, 0.4) is 0 Å². The molecule has 0 radical (unpaired) electrons. The highest BCUT2D eigenvalue weighted by Gasteiger charge is 2.61. The Labute approximate surface area is 205 Å². The van der Waals surface area contributed by atoms with Crippen LogP contribution in [0.25, 0.3) is 0 Å². The molecule has 0 saturated carbocycles. The van der Waals surface area contributed by atoms with E-state index in [-0.39, 0.29) is 41.3 Å². The number of halogens is 3. The minimum atomic E-state index is -4.61. The lowest BCUT2D eigenvalue weighted by Crippen LogP contribution is -2.52. The molecule has 1 atom stereocenters. The lowest BCUT2D eigenvalue weighted by atomic mass is 9.60. The van der Waals surface area contributed by atoms with Crippen LogP contribution in [0.4, 0.5) is 24.5 Å². The van der Waals surface area contributed by atoms with Crippen molar-refractivity contribution in [3.63, 3.8) is 0 Å². The molecule has 9 heteroatoms. The number of allylic oxidation sites excluding steroid dienone is 1. The Balaban J connectivity index is 1.88. The van der Waals surface area contributed by atoms with Gasteiger partial charge in [-0.25, -0.2) is 0 Å². The number of Topliss-reactive ketones (excluding diaryl/α,β-unsaturated/α-hetero) is 1. The molecular formula is C27H23F3N4O2. The Morgan fingerprint density at radius 2 is 1.83 bits per heavy atom. The van der Waals surface area contributed by atoms with Gasteiger partial charge in [0.25, 0.3) is 0 Å². The number of rotatable bonds is 1. The number of anilines is 2. The van der Waals surface area contributed by atoms with E-state index in [1.54, 1.807) is 18.2 Å². The van der Waals surface area contributed by atoms with Crippen molar-refractivity contribution in [3.8, 4) is 6.07 Å². The highest BCUT2D eigenvalue weighted by atomic mass is 19.4. The van der Waals surface area contributed by atoms with E-state index in [0.717, 1.165) is 17.7 Å². The monoisotopic (exact) mass is 492 g/mol. The van der Waals surface area contributed by atoms with Gasteiger partial charge in [0.1, 0.15) is 17.3 Å². The second-order valence-electron chi connectivity index (χ2n) is 10.3. The summed E-state index contributed by atoms with van der Waals surface area (Å²) in [4.78, 5) is 28.9. The third-order valence-electron chi connectivity index (χ3n) is 7.08. The van der Waals surface area contributed by atoms with Gasteiger partial charge in [-0.3, -0.25) is 14.5 Å².